The lowest BCUT2D eigenvalue weighted by Crippen LogP contribution is -2.24. The normalized spacial score (nSPS) is 15.8. The molecule has 0 spiro atoms. The van der Waals surface area contributed by atoms with E-state index in [2.05, 4.69) is 22.0 Å². The maximum atomic E-state index is 14.2. The van der Waals surface area contributed by atoms with Crippen LogP contribution >= 0.6 is 22.6 Å². The number of fused-ring (bicyclic) bond motifs is 1. The highest BCUT2D eigenvalue weighted by atomic mass is 127. The zero-order valence-electron chi connectivity index (χ0n) is 15.7. The van der Waals surface area contributed by atoms with Gasteiger partial charge in [0.25, 0.3) is 5.91 Å². The monoisotopic (exact) mass is 508 g/mol. The first kappa shape index (κ1) is 20.0. The van der Waals surface area contributed by atoms with Crippen LogP contribution in [0.15, 0.2) is 48.5 Å². The Bertz CT molecular complexity index is 1060. The van der Waals surface area contributed by atoms with Crippen LogP contribution in [-0.2, 0) is 17.7 Å². The van der Waals surface area contributed by atoms with Gasteiger partial charge >= 0.3 is 0 Å². The molecule has 3 aromatic rings. The van der Waals surface area contributed by atoms with E-state index in [4.69, 9.17) is 4.74 Å². The SMILES string of the molecule is COC1CCn2c(ccc2-c2ccc(NC(=O)c3c(F)ccc(I)c3F)cc2)C1. The van der Waals surface area contributed by atoms with E-state index >= 15 is 0 Å². The second-order valence-corrected chi connectivity index (χ2v) is 8.12. The van der Waals surface area contributed by atoms with Gasteiger partial charge in [-0.2, -0.15) is 0 Å². The Balaban J connectivity index is 1.53. The van der Waals surface area contributed by atoms with Gasteiger partial charge in [-0.1, -0.05) is 12.1 Å². The Morgan fingerprint density at radius 2 is 1.90 bits per heavy atom. The number of rotatable bonds is 4. The van der Waals surface area contributed by atoms with Gasteiger partial charge in [-0.3, -0.25) is 4.79 Å². The van der Waals surface area contributed by atoms with Gasteiger partial charge in [0.2, 0.25) is 0 Å². The maximum absolute atomic E-state index is 14.2. The van der Waals surface area contributed by atoms with Gasteiger partial charge in [-0.05, 0) is 71.0 Å². The molecule has 150 valence electrons. The lowest BCUT2D eigenvalue weighted by molar-refractivity contribution is 0.0812. The molecular weight excluding hydrogens is 489 g/mol. The van der Waals surface area contributed by atoms with Gasteiger partial charge in [0.05, 0.1) is 6.10 Å². The molecule has 0 radical (unpaired) electrons. The molecule has 0 saturated carbocycles. The number of nitrogens with one attached hydrogen (secondary N) is 1. The minimum atomic E-state index is -0.883. The second-order valence-electron chi connectivity index (χ2n) is 6.96. The maximum Gasteiger partial charge on any atom is 0.261 e. The fourth-order valence-corrected chi connectivity index (χ4v) is 4.12. The van der Waals surface area contributed by atoms with Crippen LogP contribution in [0.2, 0.25) is 0 Å². The number of amides is 1. The van der Waals surface area contributed by atoms with Crippen LogP contribution in [-0.4, -0.2) is 23.7 Å². The molecule has 1 atom stereocenters. The van der Waals surface area contributed by atoms with Crippen LogP contribution in [0.25, 0.3) is 11.3 Å². The van der Waals surface area contributed by atoms with E-state index in [-0.39, 0.29) is 9.67 Å². The number of hydrogen-bond donors (Lipinski definition) is 1. The zero-order valence-corrected chi connectivity index (χ0v) is 17.9. The van der Waals surface area contributed by atoms with Crippen molar-refractivity contribution in [2.45, 2.75) is 25.5 Å². The van der Waals surface area contributed by atoms with Gasteiger partial charge in [0, 0.05) is 40.7 Å². The fourth-order valence-electron chi connectivity index (χ4n) is 3.67. The first-order valence-electron chi connectivity index (χ1n) is 9.24. The Morgan fingerprint density at radius 1 is 1.14 bits per heavy atom. The molecule has 2 aromatic carbocycles. The fraction of sp³-hybridized carbons (Fsp3) is 0.227. The predicted molar refractivity (Wildman–Crippen MR) is 116 cm³/mol. The predicted octanol–water partition coefficient (Wildman–Crippen LogP) is 5.25. The van der Waals surface area contributed by atoms with Crippen molar-refractivity contribution in [1.82, 2.24) is 4.57 Å². The number of anilines is 1. The molecule has 0 saturated heterocycles. The molecule has 0 aliphatic carbocycles. The Kier molecular flexibility index (Phi) is 5.69. The van der Waals surface area contributed by atoms with E-state index in [9.17, 15) is 13.6 Å². The van der Waals surface area contributed by atoms with Crippen LogP contribution in [0, 0.1) is 15.2 Å². The number of benzene rings is 2. The molecule has 4 nitrogen and oxygen atoms in total. The lowest BCUT2D eigenvalue weighted by atomic mass is 10.1. The van der Waals surface area contributed by atoms with Crippen molar-refractivity contribution in [2.24, 2.45) is 0 Å². The summed E-state index contributed by atoms with van der Waals surface area (Å²) in [6.07, 6.45) is 2.11. The molecule has 1 N–H and O–H groups in total. The Labute approximate surface area is 181 Å². The van der Waals surface area contributed by atoms with E-state index in [1.54, 1.807) is 41.8 Å². The molecule has 0 bridgehead atoms. The number of methoxy groups -OCH3 is 1. The number of carbonyl (C=O) groups is 1. The van der Waals surface area contributed by atoms with Crippen molar-refractivity contribution in [1.29, 1.82) is 0 Å². The van der Waals surface area contributed by atoms with E-state index in [0.717, 1.165) is 36.7 Å². The first-order chi connectivity index (χ1) is 14.0. The van der Waals surface area contributed by atoms with Crippen LogP contribution in [0.3, 0.4) is 0 Å². The van der Waals surface area contributed by atoms with Crippen LogP contribution in [0.5, 0.6) is 0 Å². The van der Waals surface area contributed by atoms with Crippen molar-refractivity contribution < 1.29 is 18.3 Å². The number of aromatic nitrogens is 1. The second kappa shape index (κ2) is 8.23. The Hall–Kier alpha value is -2.26. The standard InChI is InChI=1S/C22H19F2IN2O2/c1-29-16-10-11-27-15(12-16)6-9-19(27)13-2-4-14(5-3-13)26-22(28)20-17(23)7-8-18(25)21(20)24/h2-9,16H,10-12H2,1H3,(H,26,28). The summed E-state index contributed by atoms with van der Waals surface area (Å²) in [6, 6.07) is 13.8. The lowest BCUT2D eigenvalue weighted by Gasteiger charge is -2.24. The number of nitrogens with zero attached hydrogens (tertiary/aromatic N) is 1. The van der Waals surface area contributed by atoms with Crippen molar-refractivity contribution >= 4 is 34.2 Å². The van der Waals surface area contributed by atoms with Gasteiger partial charge in [-0.25, -0.2) is 8.78 Å². The first-order valence-corrected chi connectivity index (χ1v) is 10.3. The largest absolute Gasteiger partial charge is 0.381 e. The van der Waals surface area contributed by atoms with Gasteiger partial charge in [0.1, 0.15) is 11.4 Å². The molecule has 4 rings (SSSR count). The quantitative estimate of drug-likeness (QED) is 0.387. The molecule has 1 aliphatic heterocycles. The highest BCUT2D eigenvalue weighted by molar-refractivity contribution is 14.1. The highest BCUT2D eigenvalue weighted by Crippen LogP contribution is 2.29. The summed E-state index contributed by atoms with van der Waals surface area (Å²) in [5.41, 5.74) is 3.24. The molecule has 1 aliphatic rings. The van der Waals surface area contributed by atoms with Crippen LogP contribution in [0.4, 0.5) is 14.5 Å². The molecular formula is C22H19F2IN2O2. The molecule has 0 fully saturated rings. The third-order valence-corrected chi connectivity index (χ3v) is 6.06. The zero-order chi connectivity index (χ0) is 20.5. The highest BCUT2D eigenvalue weighted by Gasteiger charge is 2.22. The van der Waals surface area contributed by atoms with Crippen LogP contribution in [0.1, 0.15) is 22.5 Å². The molecule has 29 heavy (non-hydrogen) atoms. The smallest absolute Gasteiger partial charge is 0.261 e. The molecule has 7 heteroatoms. The van der Waals surface area contributed by atoms with Crippen molar-refractivity contribution in [3.63, 3.8) is 0 Å². The summed E-state index contributed by atoms with van der Waals surface area (Å²) in [4.78, 5) is 12.4. The molecule has 1 aromatic heterocycles. The topological polar surface area (TPSA) is 43.3 Å². The number of carbonyl (C=O) groups excluding carboxylic acids is 1. The van der Waals surface area contributed by atoms with E-state index in [0.29, 0.717) is 5.69 Å². The summed E-state index contributed by atoms with van der Waals surface area (Å²) in [5.74, 6) is -2.54. The molecule has 1 amide bonds. The van der Waals surface area contributed by atoms with Crippen LogP contribution < -0.4 is 5.32 Å². The third kappa shape index (κ3) is 3.93. The van der Waals surface area contributed by atoms with Gasteiger partial charge < -0.3 is 14.6 Å². The van der Waals surface area contributed by atoms with Crippen molar-refractivity contribution in [3.8, 4) is 11.3 Å². The van der Waals surface area contributed by atoms with Gasteiger partial charge in [0.15, 0.2) is 5.82 Å². The third-order valence-electron chi connectivity index (χ3n) is 5.23. The van der Waals surface area contributed by atoms with Crippen molar-refractivity contribution in [2.75, 3.05) is 12.4 Å². The summed E-state index contributed by atoms with van der Waals surface area (Å²) in [6.45, 7) is 0.889. The van der Waals surface area contributed by atoms with Gasteiger partial charge in [-0.15, -0.1) is 0 Å². The summed E-state index contributed by atoms with van der Waals surface area (Å²) >= 11 is 1.73. The average Bonchev–Trinajstić information content (AvgIpc) is 3.14. The van der Waals surface area contributed by atoms with E-state index in [1.165, 1.54) is 11.8 Å². The molecule has 2 heterocycles. The number of halogens is 3. The summed E-state index contributed by atoms with van der Waals surface area (Å²) in [7, 11) is 1.74. The summed E-state index contributed by atoms with van der Waals surface area (Å²) in [5, 5.41) is 2.57. The minimum absolute atomic E-state index is 0.193. The van der Waals surface area contributed by atoms with E-state index < -0.39 is 23.1 Å². The average molecular weight is 508 g/mol. The van der Waals surface area contributed by atoms with E-state index in [1.807, 2.05) is 12.1 Å². The Morgan fingerprint density at radius 3 is 2.62 bits per heavy atom. The minimum Gasteiger partial charge on any atom is -0.381 e. The molecule has 1 unspecified atom stereocenters. The summed E-state index contributed by atoms with van der Waals surface area (Å²) < 4.78 is 36.0. The number of ether oxygens (including phenoxy) is 1. The van der Waals surface area contributed by atoms with Crippen molar-refractivity contribution in [3.05, 3.63) is 75.0 Å². The number of hydrogen-bond acceptors (Lipinski definition) is 2.